The third-order valence-corrected chi connectivity index (χ3v) is 6.58. The van der Waals surface area contributed by atoms with Gasteiger partial charge in [0.1, 0.15) is 6.73 Å². The van der Waals surface area contributed by atoms with E-state index in [-0.39, 0.29) is 5.75 Å². The number of rotatable bonds is 3. The fraction of sp³-hybridized carbons (Fsp3) is 0.600. The monoisotopic (exact) mass is 344 g/mol. The number of piperidine rings is 1. The highest BCUT2D eigenvalue weighted by Crippen LogP contribution is 2.32. The molecule has 2 heterocycles. The molecule has 122 valence electrons. The largest absolute Gasteiger partial charge is 0.356 e. The maximum atomic E-state index is 11.9. The molecule has 0 bridgehead atoms. The van der Waals surface area contributed by atoms with Crippen LogP contribution in [0, 0.1) is 0 Å². The summed E-state index contributed by atoms with van der Waals surface area (Å²) in [7, 11) is -3.08. The Balaban J connectivity index is 1.73. The molecule has 5 nitrogen and oxygen atoms in total. The first-order valence-corrected chi connectivity index (χ1v) is 9.60. The lowest BCUT2D eigenvalue weighted by Crippen LogP contribution is -2.48. The van der Waals surface area contributed by atoms with Gasteiger partial charge in [0.15, 0.2) is 0 Å². The van der Waals surface area contributed by atoms with Gasteiger partial charge < -0.3 is 9.64 Å². The Morgan fingerprint density at radius 1 is 1.32 bits per heavy atom. The van der Waals surface area contributed by atoms with Crippen LogP contribution in [0.3, 0.4) is 0 Å². The molecule has 0 amide bonds. The SMILES string of the molecule is CCS(=O)(=O)N1CCC(N2COCc3cc(Cl)ccc32)CC1. The van der Waals surface area contributed by atoms with Crippen molar-refractivity contribution in [2.75, 3.05) is 30.5 Å². The van der Waals surface area contributed by atoms with Crippen molar-refractivity contribution >= 4 is 27.3 Å². The molecule has 2 aliphatic heterocycles. The van der Waals surface area contributed by atoms with E-state index in [0.29, 0.717) is 37.5 Å². The van der Waals surface area contributed by atoms with E-state index >= 15 is 0 Å². The normalized spacial score (nSPS) is 20.9. The van der Waals surface area contributed by atoms with Crippen LogP contribution in [0.1, 0.15) is 25.3 Å². The van der Waals surface area contributed by atoms with Gasteiger partial charge in [-0.15, -0.1) is 0 Å². The summed E-state index contributed by atoms with van der Waals surface area (Å²) in [5.41, 5.74) is 2.26. The Bertz CT molecular complexity index is 642. The van der Waals surface area contributed by atoms with Crippen molar-refractivity contribution < 1.29 is 13.2 Å². The zero-order chi connectivity index (χ0) is 15.7. The topological polar surface area (TPSA) is 49.9 Å². The highest BCUT2D eigenvalue weighted by atomic mass is 35.5. The lowest BCUT2D eigenvalue weighted by Gasteiger charge is -2.41. The molecule has 3 rings (SSSR count). The van der Waals surface area contributed by atoms with Gasteiger partial charge in [0.2, 0.25) is 10.0 Å². The average Bonchev–Trinajstić information content (AvgIpc) is 2.54. The van der Waals surface area contributed by atoms with Gasteiger partial charge in [-0.1, -0.05) is 11.6 Å². The molecule has 0 aromatic heterocycles. The van der Waals surface area contributed by atoms with Gasteiger partial charge in [-0.2, -0.15) is 0 Å². The number of ether oxygens (including phenoxy) is 1. The van der Waals surface area contributed by atoms with Gasteiger partial charge in [0.25, 0.3) is 0 Å². The minimum Gasteiger partial charge on any atom is -0.356 e. The van der Waals surface area contributed by atoms with Crippen LogP contribution in [-0.2, 0) is 21.4 Å². The van der Waals surface area contributed by atoms with E-state index in [1.54, 1.807) is 11.2 Å². The minimum atomic E-state index is -3.08. The van der Waals surface area contributed by atoms with E-state index in [4.69, 9.17) is 16.3 Å². The van der Waals surface area contributed by atoms with E-state index in [9.17, 15) is 8.42 Å². The molecule has 0 aliphatic carbocycles. The van der Waals surface area contributed by atoms with E-state index in [1.807, 2.05) is 18.2 Å². The van der Waals surface area contributed by atoms with Crippen molar-refractivity contribution in [3.8, 4) is 0 Å². The van der Waals surface area contributed by atoms with Gasteiger partial charge in [-0.25, -0.2) is 12.7 Å². The number of anilines is 1. The predicted molar refractivity (Wildman–Crippen MR) is 87.6 cm³/mol. The van der Waals surface area contributed by atoms with Crippen LogP contribution in [0.5, 0.6) is 0 Å². The fourth-order valence-corrected chi connectivity index (χ4v) is 4.52. The molecule has 2 aliphatic rings. The predicted octanol–water partition coefficient (Wildman–Crippen LogP) is 2.45. The molecular weight excluding hydrogens is 324 g/mol. The van der Waals surface area contributed by atoms with Gasteiger partial charge in [-0.3, -0.25) is 0 Å². The molecule has 7 heteroatoms. The van der Waals surface area contributed by atoms with Crippen LogP contribution in [0.4, 0.5) is 5.69 Å². The molecule has 1 fully saturated rings. The summed E-state index contributed by atoms with van der Waals surface area (Å²) in [6.07, 6.45) is 1.65. The van der Waals surface area contributed by atoms with Crippen LogP contribution in [0.2, 0.25) is 5.02 Å². The summed E-state index contributed by atoms with van der Waals surface area (Å²) in [6.45, 7) is 4.00. The smallest absolute Gasteiger partial charge is 0.213 e. The zero-order valence-electron chi connectivity index (χ0n) is 12.7. The summed E-state index contributed by atoms with van der Waals surface area (Å²) in [6, 6.07) is 6.19. The molecule has 0 N–H and O–H groups in total. The van der Waals surface area contributed by atoms with E-state index in [0.717, 1.165) is 24.1 Å². The van der Waals surface area contributed by atoms with Crippen molar-refractivity contribution in [3.63, 3.8) is 0 Å². The molecule has 22 heavy (non-hydrogen) atoms. The Hall–Kier alpha value is -0.820. The summed E-state index contributed by atoms with van der Waals surface area (Å²) in [5.74, 6) is 0.172. The highest BCUT2D eigenvalue weighted by molar-refractivity contribution is 7.89. The number of nitrogens with zero attached hydrogens (tertiary/aromatic N) is 2. The molecule has 1 aromatic rings. The van der Waals surface area contributed by atoms with Crippen LogP contribution in [0.25, 0.3) is 0 Å². The Morgan fingerprint density at radius 2 is 2.05 bits per heavy atom. The quantitative estimate of drug-likeness (QED) is 0.845. The molecule has 0 unspecified atom stereocenters. The number of fused-ring (bicyclic) bond motifs is 1. The lowest BCUT2D eigenvalue weighted by molar-refractivity contribution is 0.0988. The first kappa shape index (κ1) is 16.1. The third-order valence-electron chi connectivity index (χ3n) is 4.46. The maximum absolute atomic E-state index is 11.9. The van der Waals surface area contributed by atoms with E-state index < -0.39 is 10.0 Å². The molecular formula is C15H21ClN2O3S. The van der Waals surface area contributed by atoms with Crippen LogP contribution in [-0.4, -0.2) is 44.3 Å². The standard InChI is InChI=1S/C15H21ClN2O3S/c1-2-22(19,20)17-7-5-14(6-8-17)18-11-21-10-12-9-13(16)3-4-15(12)18/h3-4,9,14H,2,5-8,10-11H2,1H3. The summed E-state index contributed by atoms with van der Waals surface area (Å²) in [5, 5.41) is 0.716. The van der Waals surface area contributed by atoms with Gasteiger partial charge >= 0.3 is 0 Å². The second kappa shape index (κ2) is 6.35. The maximum Gasteiger partial charge on any atom is 0.213 e. The van der Waals surface area contributed by atoms with Crippen molar-refractivity contribution in [3.05, 3.63) is 28.8 Å². The Morgan fingerprint density at radius 3 is 2.73 bits per heavy atom. The number of hydrogen-bond donors (Lipinski definition) is 0. The molecule has 1 saturated heterocycles. The number of halogens is 1. The molecule has 0 atom stereocenters. The second-order valence-electron chi connectivity index (χ2n) is 5.75. The lowest BCUT2D eigenvalue weighted by atomic mass is 10.0. The van der Waals surface area contributed by atoms with Crippen molar-refractivity contribution in [1.29, 1.82) is 0 Å². The summed E-state index contributed by atoms with van der Waals surface area (Å²) >= 11 is 6.05. The Labute approximate surface area is 136 Å². The van der Waals surface area contributed by atoms with Crippen molar-refractivity contribution in [2.24, 2.45) is 0 Å². The molecule has 0 spiro atoms. The third kappa shape index (κ3) is 3.11. The number of sulfonamides is 1. The van der Waals surface area contributed by atoms with E-state index in [1.165, 1.54) is 0 Å². The zero-order valence-corrected chi connectivity index (χ0v) is 14.2. The number of benzene rings is 1. The first-order chi connectivity index (χ1) is 10.5. The molecule has 0 saturated carbocycles. The average molecular weight is 345 g/mol. The van der Waals surface area contributed by atoms with Gasteiger partial charge in [0.05, 0.1) is 12.4 Å². The molecule has 0 radical (unpaired) electrons. The van der Waals surface area contributed by atoms with Crippen LogP contribution < -0.4 is 4.90 Å². The Kier molecular flexibility index (Phi) is 4.64. The molecule has 1 aromatic carbocycles. The van der Waals surface area contributed by atoms with Crippen molar-refractivity contribution in [2.45, 2.75) is 32.4 Å². The highest BCUT2D eigenvalue weighted by Gasteiger charge is 2.31. The van der Waals surface area contributed by atoms with E-state index in [2.05, 4.69) is 4.90 Å². The number of hydrogen-bond acceptors (Lipinski definition) is 4. The summed E-state index contributed by atoms with van der Waals surface area (Å²) in [4.78, 5) is 2.24. The second-order valence-corrected chi connectivity index (χ2v) is 8.45. The van der Waals surface area contributed by atoms with Crippen molar-refractivity contribution in [1.82, 2.24) is 4.31 Å². The van der Waals surface area contributed by atoms with Gasteiger partial charge in [0, 0.05) is 35.4 Å². The minimum absolute atomic E-state index is 0.172. The van der Waals surface area contributed by atoms with Crippen LogP contribution >= 0.6 is 11.6 Å². The fourth-order valence-electron chi connectivity index (χ4n) is 3.19. The van der Waals surface area contributed by atoms with Crippen LogP contribution in [0.15, 0.2) is 18.2 Å². The van der Waals surface area contributed by atoms with Gasteiger partial charge in [-0.05, 0) is 38.0 Å². The summed E-state index contributed by atoms with van der Waals surface area (Å²) < 4.78 is 31.2. The first-order valence-electron chi connectivity index (χ1n) is 7.62.